The molecule has 2 aromatic rings. The van der Waals surface area contributed by atoms with Gasteiger partial charge in [-0.3, -0.25) is 5.84 Å². The SMILES string of the molecule is Cc1cc(C)c(C(NN)c2sccc2Br)c(C)c1. The molecule has 1 aromatic heterocycles. The summed E-state index contributed by atoms with van der Waals surface area (Å²) in [7, 11) is 0. The summed E-state index contributed by atoms with van der Waals surface area (Å²) < 4.78 is 1.11. The molecule has 18 heavy (non-hydrogen) atoms. The molecule has 0 bridgehead atoms. The van der Waals surface area contributed by atoms with E-state index in [1.165, 1.54) is 27.1 Å². The van der Waals surface area contributed by atoms with E-state index in [1.807, 2.05) is 0 Å². The second-order valence-electron chi connectivity index (χ2n) is 4.54. The summed E-state index contributed by atoms with van der Waals surface area (Å²) >= 11 is 5.29. The molecule has 96 valence electrons. The zero-order valence-electron chi connectivity index (χ0n) is 10.8. The number of nitrogens with one attached hydrogen (secondary N) is 1. The molecule has 0 aliphatic carbocycles. The minimum Gasteiger partial charge on any atom is -0.271 e. The number of hydrogen-bond acceptors (Lipinski definition) is 3. The minimum absolute atomic E-state index is 0.0416. The van der Waals surface area contributed by atoms with Crippen molar-refractivity contribution in [2.45, 2.75) is 26.8 Å². The lowest BCUT2D eigenvalue weighted by atomic mass is 9.93. The van der Waals surface area contributed by atoms with Crippen molar-refractivity contribution in [1.82, 2.24) is 5.43 Å². The molecule has 0 radical (unpaired) electrons. The van der Waals surface area contributed by atoms with Crippen LogP contribution in [-0.2, 0) is 0 Å². The van der Waals surface area contributed by atoms with Crippen molar-refractivity contribution < 1.29 is 0 Å². The molecule has 1 unspecified atom stereocenters. The quantitative estimate of drug-likeness (QED) is 0.661. The van der Waals surface area contributed by atoms with E-state index in [0.717, 1.165) is 4.47 Å². The van der Waals surface area contributed by atoms with Gasteiger partial charge in [-0.05, 0) is 64.8 Å². The molecular formula is C14H17BrN2S. The molecule has 0 aliphatic heterocycles. The third kappa shape index (κ3) is 2.52. The van der Waals surface area contributed by atoms with E-state index in [0.29, 0.717) is 0 Å². The van der Waals surface area contributed by atoms with Gasteiger partial charge in [0, 0.05) is 9.35 Å². The van der Waals surface area contributed by atoms with Crippen LogP contribution in [0.15, 0.2) is 28.1 Å². The Kier molecular flexibility index (Phi) is 4.22. The third-order valence-electron chi connectivity index (χ3n) is 3.10. The van der Waals surface area contributed by atoms with Gasteiger partial charge in [0.1, 0.15) is 0 Å². The molecule has 2 nitrogen and oxygen atoms in total. The van der Waals surface area contributed by atoms with E-state index in [2.05, 4.69) is 65.7 Å². The van der Waals surface area contributed by atoms with Gasteiger partial charge in [-0.15, -0.1) is 11.3 Å². The molecule has 1 atom stereocenters. The maximum absolute atomic E-state index is 5.78. The van der Waals surface area contributed by atoms with Crippen LogP contribution in [0.2, 0.25) is 0 Å². The highest BCUT2D eigenvalue weighted by atomic mass is 79.9. The Balaban J connectivity index is 2.56. The van der Waals surface area contributed by atoms with Crippen LogP contribution in [-0.4, -0.2) is 0 Å². The summed E-state index contributed by atoms with van der Waals surface area (Å²) in [6.07, 6.45) is 0. The number of rotatable bonds is 3. The average molecular weight is 325 g/mol. The van der Waals surface area contributed by atoms with Crippen LogP contribution in [0.25, 0.3) is 0 Å². The lowest BCUT2D eigenvalue weighted by molar-refractivity contribution is 0.638. The average Bonchev–Trinajstić information content (AvgIpc) is 2.69. The van der Waals surface area contributed by atoms with Crippen molar-refractivity contribution in [3.05, 3.63) is 55.2 Å². The van der Waals surface area contributed by atoms with E-state index in [1.54, 1.807) is 11.3 Å². The van der Waals surface area contributed by atoms with Gasteiger partial charge < -0.3 is 0 Å². The first-order chi connectivity index (χ1) is 8.54. The fourth-order valence-electron chi connectivity index (χ4n) is 2.45. The van der Waals surface area contributed by atoms with Gasteiger partial charge in [0.25, 0.3) is 0 Å². The first-order valence-electron chi connectivity index (χ1n) is 5.81. The maximum atomic E-state index is 5.78. The van der Waals surface area contributed by atoms with Crippen LogP contribution in [0.1, 0.15) is 33.2 Å². The van der Waals surface area contributed by atoms with Crippen molar-refractivity contribution >= 4 is 27.3 Å². The topological polar surface area (TPSA) is 38.0 Å². The Morgan fingerprint density at radius 1 is 1.22 bits per heavy atom. The number of nitrogens with two attached hydrogens (primary N) is 1. The Bertz CT molecular complexity index is 540. The summed E-state index contributed by atoms with van der Waals surface area (Å²) in [6.45, 7) is 6.40. The Morgan fingerprint density at radius 3 is 2.28 bits per heavy atom. The number of aryl methyl sites for hydroxylation is 3. The number of hydrogen-bond donors (Lipinski definition) is 2. The zero-order valence-corrected chi connectivity index (χ0v) is 13.2. The van der Waals surface area contributed by atoms with E-state index in [9.17, 15) is 0 Å². The highest BCUT2D eigenvalue weighted by molar-refractivity contribution is 9.10. The van der Waals surface area contributed by atoms with Crippen LogP contribution >= 0.6 is 27.3 Å². The Hall–Kier alpha value is -0.680. The number of hydrazine groups is 1. The molecule has 2 rings (SSSR count). The second kappa shape index (κ2) is 5.53. The largest absolute Gasteiger partial charge is 0.271 e. The van der Waals surface area contributed by atoms with Gasteiger partial charge in [-0.2, -0.15) is 0 Å². The fraction of sp³-hybridized carbons (Fsp3) is 0.286. The molecule has 0 amide bonds. The molecule has 1 aromatic carbocycles. The van der Waals surface area contributed by atoms with Crippen LogP contribution in [0.5, 0.6) is 0 Å². The third-order valence-corrected chi connectivity index (χ3v) is 5.04. The molecule has 0 saturated carbocycles. The van der Waals surface area contributed by atoms with Crippen LogP contribution < -0.4 is 11.3 Å². The summed E-state index contributed by atoms with van der Waals surface area (Å²) in [5.41, 5.74) is 8.05. The lowest BCUT2D eigenvalue weighted by Gasteiger charge is -2.21. The molecule has 0 fully saturated rings. The van der Waals surface area contributed by atoms with Crippen LogP contribution in [0, 0.1) is 20.8 Å². The van der Waals surface area contributed by atoms with Crippen molar-refractivity contribution in [2.24, 2.45) is 5.84 Å². The molecule has 3 N–H and O–H groups in total. The Morgan fingerprint density at radius 2 is 1.83 bits per heavy atom. The maximum Gasteiger partial charge on any atom is 0.0818 e. The number of benzene rings is 1. The van der Waals surface area contributed by atoms with Crippen LogP contribution in [0.4, 0.5) is 0 Å². The fourth-order valence-corrected chi connectivity index (χ4v) is 4.12. The highest BCUT2D eigenvalue weighted by Gasteiger charge is 2.20. The minimum atomic E-state index is 0.0416. The highest BCUT2D eigenvalue weighted by Crippen LogP contribution is 2.35. The van der Waals surface area contributed by atoms with Gasteiger partial charge in [0.2, 0.25) is 0 Å². The normalized spacial score (nSPS) is 12.7. The lowest BCUT2D eigenvalue weighted by Crippen LogP contribution is -2.29. The van der Waals surface area contributed by atoms with Crippen molar-refractivity contribution in [1.29, 1.82) is 0 Å². The van der Waals surface area contributed by atoms with Gasteiger partial charge in [0.15, 0.2) is 0 Å². The number of thiophene rings is 1. The van der Waals surface area contributed by atoms with Crippen LogP contribution in [0.3, 0.4) is 0 Å². The first-order valence-corrected chi connectivity index (χ1v) is 7.48. The summed E-state index contributed by atoms with van der Waals surface area (Å²) in [5, 5.41) is 2.07. The van der Waals surface area contributed by atoms with Gasteiger partial charge >= 0.3 is 0 Å². The summed E-state index contributed by atoms with van der Waals surface area (Å²) in [4.78, 5) is 1.22. The van der Waals surface area contributed by atoms with Gasteiger partial charge in [-0.25, -0.2) is 5.43 Å². The first kappa shape index (κ1) is 13.7. The van der Waals surface area contributed by atoms with Gasteiger partial charge in [-0.1, -0.05) is 17.7 Å². The second-order valence-corrected chi connectivity index (χ2v) is 6.35. The predicted octanol–water partition coefficient (Wildman–Crippen LogP) is 3.99. The van der Waals surface area contributed by atoms with E-state index >= 15 is 0 Å². The molecule has 0 saturated heterocycles. The van der Waals surface area contributed by atoms with E-state index < -0.39 is 0 Å². The zero-order chi connectivity index (χ0) is 13.3. The summed E-state index contributed by atoms with van der Waals surface area (Å²) in [6, 6.07) is 6.51. The van der Waals surface area contributed by atoms with E-state index in [4.69, 9.17) is 5.84 Å². The standard InChI is InChI=1S/C14H17BrN2S/c1-8-6-9(2)12(10(3)7-8)13(17-16)14-11(15)4-5-18-14/h4-7,13,17H,16H2,1-3H3. The smallest absolute Gasteiger partial charge is 0.0818 e. The summed E-state index contributed by atoms with van der Waals surface area (Å²) in [5.74, 6) is 5.78. The molecule has 0 spiro atoms. The Labute approximate surface area is 120 Å². The molecule has 4 heteroatoms. The molecule has 1 heterocycles. The molecular weight excluding hydrogens is 308 g/mol. The van der Waals surface area contributed by atoms with Crippen molar-refractivity contribution in [2.75, 3.05) is 0 Å². The number of halogens is 1. The monoisotopic (exact) mass is 324 g/mol. The van der Waals surface area contributed by atoms with Gasteiger partial charge in [0.05, 0.1) is 6.04 Å². The molecule has 0 aliphatic rings. The van der Waals surface area contributed by atoms with Crippen molar-refractivity contribution in [3.63, 3.8) is 0 Å². The predicted molar refractivity (Wildman–Crippen MR) is 81.8 cm³/mol. The van der Waals surface area contributed by atoms with Crippen molar-refractivity contribution in [3.8, 4) is 0 Å². The van der Waals surface area contributed by atoms with E-state index in [-0.39, 0.29) is 6.04 Å².